The molecule has 0 bridgehead atoms. The highest BCUT2D eigenvalue weighted by Gasteiger charge is 2.60. The van der Waals surface area contributed by atoms with Crippen LogP contribution < -0.4 is 5.73 Å². The molecule has 0 aliphatic rings. The van der Waals surface area contributed by atoms with E-state index in [2.05, 4.69) is 4.42 Å². The zero-order chi connectivity index (χ0) is 11.9. The molecule has 0 aliphatic carbocycles. The predicted molar refractivity (Wildman–Crippen MR) is 43.0 cm³/mol. The lowest BCUT2D eigenvalue weighted by atomic mass is 9.90. The van der Waals surface area contributed by atoms with E-state index >= 15 is 0 Å². The lowest BCUT2D eigenvalue weighted by Crippen LogP contribution is -2.56. The van der Waals surface area contributed by atoms with Crippen LogP contribution in [0.3, 0.4) is 0 Å². The van der Waals surface area contributed by atoms with Crippen molar-refractivity contribution in [2.45, 2.75) is 18.6 Å². The van der Waals surface area contributed by atoms with Gasteiger partial charge in [-0.05, 0) is 12.5 Å². The summed E-state index contributed by atoms with van der Waals surface area (Å²) in [7, 11) is 0. The first-order valence-corrected chi connectivity index (χ1v) is 3.83. The second kappa shape index (κ2) is 3.27. The van der Waals surface area contributed by atoms with Crippen LogP contribution >= 0.6 is 0 Å². The quantitative estimate of drug-likeness (QED) is 0.794. The van der Waals surface area contributed by atoms with Crippen LogP contribution in [0, 0.1) is 6.92 Å². The summed E-state index contributed by atoms with van der Waals surface area (Å²) in [5.41, 5.74) is 0.918. The van der Waals surface area contributed by atoms with Crippen molar-refractivity contribution >= 4 is 5.97 Å². The lowest BCUT2D eigenvalue weighted by molar-refractivity contribution is -0.205. The molecule has 3 N–H and O–H groups in total. The Bertz CT molecular complexity index is 385. The summed E-state index contributed by atoms with van der Waals surface area (Å²) in [5.74, 6) is -2.17. The Kier molecular flexibility index (Phi) is 2.52. The molecule has 1 rings (SSSR count). The van der Waals surface area contributed by atoms with Gasteiger partial charge in [0, 0.05) is 5.56 Å². The Labute approximate surface area is 82.5 Å². The Morgan fingerprint density at radius 1 is 1.47 bits per heavy atom. The minimum absolute atomic E-state index is 0.0391. The van der Waals surface area contributed by atoms with E-state index in [1.165, 1.54) is 6.92 Å². The molecule has 84 valence electrons. The van der Waals surface area contributed by atoms with Crippen molar-refractivity contribution in [3.63, 3.8) is 0 Å². The fourth-order valence-corrected chi connectivity index (χ4v) is 1.15. The van der Waals surface area contributed by atoms with Crippen LogP contribution in [-0.4, -0.2) is 17.3 Å². The summed E-state index contributed by atoms with van der Waals surface area (Å²) < 4.78 is 42.1. The van der Waals surface area contributed by atoms with Gasteiger partial charge in [-0.2, -0.15) is 13.2 Å². The maximum absolute atomic E-state index is 12.6. The van der Waals surface area contributed by atoms with Crippen molar-refractivity contribution < 1.29 is 27.5 Å². The van der Waals surface area contributed by atoms with Crippen LogP contribution in [0.15, 0.2) is 16.9 Å². The van der Waals surface area contributed by atoms with Crippen LogP contribution in [-0.2, 0) is 10.3 Å². The summed E-state index contributed by atoms with van der Waals surface area (Å²) >= 11 is 0. The smallest absolute Gasteiger partial charge is 0.421 e. The molecule has 1 unspecified atom stereocenters. The highest BCUT2D eigenvalue weighted by atomic mass is 19.4. The molecule has 0 saturated carbocycles. The summed E-state index contributed by atoms with van der Waals surface area (Å²) in [6, 6.07) is 0. The fourth-order valence-electron chi connectivity index (χ4n) is 1.15. The third-order valence-electron chi connectivity index (χ3n) is 2.06. The number of carboxylic acids is 1. The normalized spacial score (nSPS) is 16.1. The zero-order valence-electron chi connectivity index (χ0n) is 7.63. The van der Waals surface area contributed by atoms with Crippen molar-refractivity contribution in [2.24, 2.45) is 5.73 Å². The topological polar surface area (TPSA) is 76.5 Å². The molecule has 0 amide bonds. The van der Waals surface area contributed by atoms with Crippen LogP contribution in [0.25, 0.3) is 0 Å². The van der Waals surface area contributed by atoms with Gasteiger partial charge in [-0.1, -0.05) is 0 Å². The number of aryl methyl sites for hydroxylation is 1. The molecule has 0 aromatic carbocycles. The third-order valence-corrected chi connectivity index (χ3v) is 2.06. The largest absolute Gasteiger partial charge is 0.479 e. The number of nitrogens with two attached hydrogens (primary N) is 1. The Morgan fingerprint density at radius 3 is 2.27 bits per heavy atom. The van der Waals surface area contributed by atoms with E-state index in [9.17, 15) is 18.0 Å². The van der Waals surface area contributed by atoms with Crippen molar-refractivity contribution in [3.8, 4) is 0 Å². The number of carboxylic acid groups (broad SMARTS) is 1. The molecule has 0 radical (unpaired) electrons. The number of hydrogen-bond donors (Lipinski definition) is 2. The SMILES string of the molecule is Cc1cocc1C(N)(C(=O)O)C(F)(F)F. The first kappa shape index (κ1) is 11.6. The van der Waals surface area contributed by atoms with E-state index in [1.807, 2.05) is 0 Å². The van der Waals surface area contributed by atoms with Crippen molar-refractivity contribution in [2.75, 3.05) is 0 Å². The molecule has 1 aromatic rings. The van der Waals surface area contributed by atoms with Gasteiger partial charge < -0.3 is 15.3 Å². The molecule has 0 saturated heterocycles. The van der Waals surface area contributed by atoms with Gasteiger partial charge in [0.1, 0.15) is 0 Å². The number of carbonyl (C=O) groups is 1. The first-order chi connectivity index (χ1) is 6.71. The van der Waals surface area contributed by atoms with Gasteiger partial charge in [-0.15, -0.1) is 0 Å². The Hall–Kier alpha value is -1.50. The zero-order valence-corrected chi connectivity index (χ0v) is 7.63. The minimum Gasteiger partial charge on any atom is -0.479 e. The average Bonchev–Trinajstić information content (AvgIpc) is 2.47. The first-order valence-electron chi connectivity index (χ1n) is 3.83. The monoisotopic (exact) mass is 223 g/mol. The molecule has 1 atom stereocenters. The van der Waals surface area contributed by atoms with E-state index in [-0.39, 0.29) is 5.56 Å². The molecule has 15 heavy (non-hydrogen) atoms. The highest BCUT2D eigenvalue weighted by Crippen LogP contribution is 2.38. The summed E-state index contributed by atoms with van der Waals surface area (Å²) in [6.07, 6.45) is -3.39. The molecule has 1 heterocycles. The van der Waals surface area contributed by atoms with E-state index in [0.717, 1.165) is 6.26 Å². The van der Waals surface area contributed by atoms with Gasteiger partial charge in [-0.3, -0.25) is 0 Å². The average molecular weight is 223 g/mol. The number of halogens is 3. The second-order valence-corrected chi connectivity index (χ2v) is 3.08. The molecule has 4 nitrogen and oxygen atoms in total. The summed E-state index contributed by atoms with van der Waals surface area (Å²) in [4.78, 5) is 10.6. The molecule has 0 fully saturated rings. The van der Waals surface area contributed by atoms with Gasteiger partial charge >= 0.3 is 12.1 Å². The van der Waals surface area contributed by atoms with Gasteiger partial charge in [0.25, 0.3) is 0 Å². The summed E-state index contributed by atoms with van der Waals surface area (Å²) in [5, 5.41) is 8.58. The second-order valence-electron chi connectivity index (χ2n) is 3.08. The molecule has 0 aliphatic heterocycles. The predicted octanol–water partition coefficient (Wildman–Crippen LogP) is 1.39. The maximum Gasteiger partial charge on any atom is 0.421 e. The summed E-state index contributed by atoms with van der Waals surface area (Å²) in [6.45, 7) is 1.29. The number of furan rings is 1. The van der Waals surface area contributed by atoms with E-state index < -0.39 is 23.2 Å². The van der Waals surface area contributed by atoms with Crippen LogP contribution in [0.1, 0.15) is 11.1 Å². The van der Waals surface area contributed by atoms with Crippen LogP contribution in [0.2, 0.25) is 0 Å². The fraction of sp³-hybridized carbons (Fsp3) is 0.375. The molecule has 7 heteroatoms. The van der Waals surface area contributed by atoms with Gasteiger partial charge in [0.2, 0.25) is 5.54 Å². The van der Waals surface area contributed by atoms with E-state index in [4.69, 9.17) is 10.8 Å². The number of aliphatic carboxylic acids is 1. The molecular formula is C8H8F3NO3. The van der Waals surface area contributed by atoms with Crippen LogP contribution in [0.4, 0.5) is 13.2 Å². The standard InChI is InChI=1S/C8H8F3NO3/c1-4-2-15-3-5(4)7(12,6(13)14)8(9,10)11/h2-3H,12H2,1H3,(H,13,14). The van der Waals surface area contributed by atoms with Crippen molar-refractivity contribution in [1.82, 2.24) is 0 Å². The molecule has 1 aromatic heterocycles. The number of hydrogen-bond acceptors (Lipinski definition) is 3. The lowest BCUT2D eigenvalue weighted by Gasteiger charge is -2.26. The van der Waals surface area contributed by atoms with E-state index in [1.54, 1.807) is 0 Å². The minimum atomic E-state index is -5.09. The van der Waals surface area contributed by atoms with Gasteiger partial charge in [0.15, 0.2) is 0 Å². The van der Waals surface area contributed by atoms with E-state index in [0.29, 0.717) is 6.26 Å². The number of alkyl halides is 3. The maximum atomic E-state index is 12.6. The Balaban J connectivity index is 3.39. The van der Waals surface area contributed by atoms with Gasteiger partial charge in [-0.25, -0.2) is 4.79 Å². The van der Waals surface area contributed by atoms with Crippen molar-refractivity contribution in [3.05, 3.63) is 23.7 Å². The van der Waals surface area contributed by atoms with Crippen LogP contribution in [0.5, 0.6) is 0 Å². The molecule has 0 spiro atoms. The van der Waals surface area contributed by atoms with Gasteiger partial charge in [0.05, 0.1) is 12.5 Å². The third kappa shape index (κ3) is 1.58. The number of rotatable bonds is 2. The molecular weight excluding hydrogens is 215 g/mol. The highest BCUT2D eigenvalue weighted by molar-refractivity contribution is 5.82. The van der Waals surface area contributed by atoms with Crippen molar-refractivity contribution in [1.29, 1.82) is 0 Å². The Morgan fingerprint density at radius 2 is 2.00 bits per heavy atom.